The predicted molar refractivity (Wildman–Crippen MR) is 65.8 cm³/mol. The van der Waals surface area contributed by atoms with Crippen molar-refractivity contribution in [3.05, 3.63) is 0 Å². The van der Waals surface area contributed by atoms with E-state index in [2.05, 4.69) is 31.0 Å². The van der Waals surface area contributed by atoms with Crippen LogP contribution in [0, 0.1) is 0 Å². The maximum absolute atomic E-state index is 5.57. The van der Waals surface area contributed by atoms with Gasteiger partial charge in [0.15, 0.2) is 0 Å². The minimum atomic E-state index is -0.0537. The summed E-state index contributed by atoms with van der Waals surface area (Å²) in [7, 11) is 0. The first-order valence-corrected chi connectivity index (χ1v) is 6.23. The standard InChI is InChI=1S/C12H26N2O2/c1-12(2,3)16-11-10-15-9-8-14-6-4-13-5-7-14/h13H,4-11H2,1-3H3. The lowest BCUT2D eigenvalue weighted by Crippen LogP contribution is -2.44. The van der Waals surface area contributed by atoms with Gasteiger partial charge in [-0.3, -0.25) is 4.90 Å². The fourth-order valence-electron chi connectivity index (χ4n) is 1.64. The fraction of sp³-hybridized carbons (Fsp3) is 1.00. The van der Waals surface area contributed by atoms with Crippen molar-refractivity contribution in [2.24, 2.45) is 0 Å². The predicted octanol–water partition coefficient (Wildman–Crippen LogP) is 0.723. The highest BCUT2D eigenvalue weighted by atomic mass is 16.5. The van der Waals surface area contributed by atoms with Gasteiger partial charge in [0.25, 0.3) is 0 Å². The van der Waals surface area contributed by atoms with Gasteiger partial charge in [0, 0.05) is 32.7 Å². The first kappa shape index (κ1) is 13.9. The molecular weight excluding hydrogens is 204 g/mol. The van der Waals surface area contributed by atoms with Crippen molar-refractivity contribution in [3.63, 3.8) is 0 Å². The normalized spacial score (nSPS) is 18.9. The van der Waals surface area contributed by atoms with Gasteiger partial charge in [0.05, 0.1) is 25.4 Å². The summed E-state index contributed by atoms with van der Waals surface area (Å²) in [4.78, 5) is 2.43. The van der Waals surface area contributed by atoms with Gasteiger partial charge < -0.3 is 14.8 Å². The SMILES string of the molecule is CC(C)(C)OCCOCCN1CCNCC1. The van der Waals surface area contributed by atoms with Gasteiger partial charge in [-0.1, -0.05) is 0 Å². The molecule has 96 valence electrons. The molecule has 16 heavy (non-hydrogen) atoms. The second-order valence-electron chi connectivity index (χ2n) is 5.16. The van der Waals surface area contributed by atoms with Crippen molar-refractivity contribution >= 4 is 0 Å². The highest BCUT2D eigenvalue weighted by Crippen LogP contribution is 2.05. The summed E-state index contributed by atoms with van der Waals surface area (Å²) in [5.41, 5.74) is -0.0537. The summed E-state index contributed by atoms with van der Waals surface area (Å²) < 4.78 is 11.1. The maximum atomic E-state index is 5.57. The van der Waals surface area contributed by atoms with Crippen molar-refractivity contribution < 1.29 is 9.47 Å². The third kappa shape index (κ3) is 7.17. The van der Waals surface area contributed by atoms with Crippen LogP contribution in [0.5, 0.6) is 0 Å². The third-order valence-corrected chi connectivity index (χ3v) is 2.52. The van der Waals surface area contributed by atoms with Crippen LogP contribution in [0.4, 0.5) is 0 Å². The lowest BCUT2D eigenvalue weighted by molar-refractivity contribution is -0.0370. The highest BCUT2D eigenvalue weighted by Gasteiger charge is 2.10. The number of piperazine rings is 1. The molecule has 1 N–H and O–H groups in total. The quantitative estimate of drug-likeness (QED) is 0.682. The molecule has 0 aromatic heterocycles. The Bertz CT molecular complexity index is 174. The first-order valence-electron chi connectivity index (χ1n) is 6.23. The Labute approximate surface area is 99.3 Å². The number of rotatable bonds is 6. The molecule has 4 heteroatoms. The largest absolute Gasteiger partial charge is 0.378 e. The number of nitrogens with zero attached hydrogens (tertiary/aromatic N) is 1. The van der Waals surface area contributed by atoms with Crippen LogP contribution in [0.15, 0.2) is 0 Å². The van der Waals surface area contributed by atoms with Crippen molar-refractivity contribution in [1.82, 2.24) is 10.2 Å². The van der Waals surface area contributed by atoms with Crippen LogP contribution in [0.25, 0.3) is 0 Å². The van der Waals surface area contributed by atoms with Crippen LogP contribution in [-0.4, -0.2) is 63.0 Å². The monoisotopic (exact) mass is 230 g/mol. The number of nitrogens with one attached hydrogen (secondary N) is 1. The fourth-order valence-corrected chi connectivity index (χ4v) is 1.64. The smallest absolute Gasteiger partial charge is 0.0707 e. The van der Waals surface area contributed by atoms with Gasteiger partial charge in [-0.15, -0.1) is 0 Å². The number of hydrogen-bond donors (Lipinski definition) is 1. The molecule has 0 aromatic carbocycles. The van der Waals surface area contributed by atoms with Crippen LogP contribution < -0.4 is 5.32 Å². The zero-order valence-corrected chi connectivity index (χ0v) is 10.9. The van der Waals surface area contributed by atoms with Crippen molar-refractivity contribution in [2.45, 2.75) is 26.4 Å². The molecule has 0 aliphatic carbocycles. The molecule has 0 spiro atoms. The average Bonchev–Trinajstić information content (AvgIpc) is 2.23. The molecule has 1 heterocycles. The van der Waals surface area contributed by atoms with Crippen molar-refractivity contribution in [1.29, 1.82) is 0 Å². The van der Waals surface area contributed by atoms with Gasteiger partial charge in [-0.05, 0) is 20.8 Å². The van der Waals surface area contributed by atoms with Crippen LogP contribution in [0.3, 0.4) is 0 Å². The molecule has 0 saturated carbocycles. The lowest BCUT2D eigenvalue weighted by Gasteiger charge is -2.27. The summed E-state index contributed by atoms with van der Waals surface area (Å²) in [5, 5.41) is 3.34. The van der Waals surface area contributed by atoms with E-state index >= 15 is 0 Å². The van der Waals surface area contributed by atoms with Gasteiger partial charge in [-0.2, -0.15) is 0 Å². The summed E-state index contributed by atoms with van der Waals surface area (Å²) in [5.74, 6) is 0. The van der Waals surface area contributed by atoms with E-state index in [0.717, 1.165) is 39.3 Å². The molecule has 1 rings (SSSR count). The van der Waals surface area contributed by atoms with Crippen LogP contribution >= 0.6 is 0 Å². The Kier molecular flexibility index (Phi) is 6.28. The Balaban J connectivity index is 1.87. The number of ether oxygens (including phenoxy) is 2. The van der Waals surface area contributed by atoms with E-state index in [9.17, 15) is 0 Å². The van der Waals surface area contributed by atoms with Crippen LogP contribution in [0.1, 0.15) is 20.8 Å². The molecule has 1 fully saturated rings. The van der Waals surface area contributed by atoms with E-state index in [1.807, 2.05) is 0 Å². The van der Waals surface area contributed by atoms with Gasteiger partial charge >= 0.3 is 0 Å². The van der Waals surface area contributed by atoms with E-state index in [-0.39, 0.29) is 5.60 Å². The van der Waals surface area contributed by atoms with E-state index < -0.39 is 0 Å². The third-order valence-electron chi connectivity index (χ3n) is 2.52. The zero-order chi connectivity index (χ0) is 11.9. The molecule has 0 aromatic rings. The molecule has 0 unspecified atom stereocenters. The summed E-state index contributed by atoms with van der Waals surface area (Å²) in [6.45, 7) is 13.9. The molecule has 0 atom stereocenters. The second-order valence-corrected chi connectivity index (χ2v) is 5.16. The van der Waals surface area contributed by atoms with E-state index in [1.165, 1.54) is 0 Å². The zero-order valence-electron chi connectivity index (χ0n) is 10.9. The van der Waals surface area contributed by atoms with Crippen molar-refractivity contribution in [3.8, 4) is 0 Å². The summed E-state index contributed by atoms with van der Waals surface area (Å²) in [6, 6.07) is 0. The minimum absolute atomic E-state index is 0.0537. The Morgan fingerprint density at radius 2 is 1.75 bits per heavy atom. The number of hydrogen-bond acceptors (Lipinski definition) is 4. The second kappa shape index (κ2) is 7.22. The van der Waals surface area contributed by atoms with Crippen LogP contribution in [-0.2, 0) is 9.47 Å². The van der Waals surface area contributed by atoms with Gasteiger partial charge in [-0.25, -0.2) is 0 Å². The Hall–Kier alpha value is -0.160. The molecular formula is C12H26N2O2. The molecule has 4 nitrogen and oxygen atoms in total. The highest BCUT2D eigenvalue weighted by molar-refractivity contribution is 4.66. The topological polar surface area (TPSA) is 33.7 Å². The average molecular weight is 230 g/mol. The summed E-state index contributed by atoms with van der Waals surface area (Å²) in [6.07, 6.45) is 0. The Morgan fingerprint density at radius 1 is 1.06 bits per heavy atom. The Morgan fingerprint density at radius 3 is 2.38 bits per heavy atom. The van der Waals surface area contributed by atoms with Crippen molar-refractivity contribution in [2.75, 3.05) is 52.5 Å². The lowest BCUT2D eigenvalue weighted by atomic mass is 10.2. The molecule has 0 amide bonds. The minimum Gasteiger partial charge on any atom is -0.378 e. The van der Waals surface area contributed by atoms with E-state index in [1.54, 1.807) is 0 Å². The van der Waals surface area contributed by atoms with Gasteiger partial charge in [0.2, 0.25) is 0 Å². The molecule has 0 radical (unpaired) electrons. The summed E-state index contributed by atoms with van der Waals surface area (Å²) >= 11 is 0. The van der Waals surface area contributed by atoms with E-state index in [4.69, 9.17) is 9.47 Å². The van der Waals surface area contributed by atoms with Crippen LogP contribution in [0.2, 0.25) is 0 Å². The molecule has 1 aliphatic rings. The maximum Gasteiger partial charge on any atom is 0.0707 e. The van der Waals surface area contributed by atoms with Gasteiger partial charge in [0.1, 0.15) is 0 Å². The molecule has 1 aliphatic heterocycles. The first-order chi connectivity index (χ1) is 7.58. The molecule has 0 bridgehead atoms. The van der Waals surface area contributed by atoms with E-state index in [0.29, 0.717) is 13.2 Å². The molecule has 1 saturated heterocycles.